The number of hydrogen-bond acceptors (Lipinski definition) is 3. The van der Waals surface area contributed by atoms with Crippen LogP contribution in [0.3, 0.4) is 0 Å². The highest BCUT2D eigenvalue weighted by molar-refractivity contribution is 5.68. The molecule has 0 fully saturated rings. The predicted molar refractivity (Wildman–Crippen MR) is 48.1 cm³/mol. The summed E-state index contributed by atoms with van der Waals surface area (Å²) in [4.78, 5) is 11.1. The number of hydrogen-bond donors (Lipinski definition) is 0. The summed E-state index contributed by atoms with van der Waals surface area (Å²) in [5, 5.41) is 3.80. The highest BCUT2D eigenvalue weighted by atomic mass is 19.3. The average molecular weight is 216 g/mol. The minimum Gasteiger partial charge on any atom is -0.464 e. The van der Waals surface area contributed by atoms with E-state index in [2.05, 4.69) is 9.84 Å². The van der Waals surface area contributed by atoms with Crippen molar-refractivity contribution in [2.75, 3.05) is 6.61 Å². The van der Waals surface area contributed by atoms with E-state index in [-0.39, 0.29) is 19.6 Å². The number of nitrogens with zero attached hydrogens (tertiary/aromatic N) is 2. The Morgan fingerprint density at radius 3 is 2.93 bits per heavy atom. The van der Waals surface area contributed by atoms with Gasteiger partial charge in [-0.1, -0.05) is 0 Å². The first-order chi connectivity index (χ1) is 7.18. The van der Waals surface area contributed by atoms with Crippen molar-refractivity contribution in [3.8, 4) is 0 Å². The molecule has 15 heavy (non-hydrogen) atoms. The van der Waals surface area contributed by atoms with Gasteiger partial charge >= 0.3 is 5.97 Å². The van der Waals surface area contributed by atoms with Crippen LogP contribution in [0.5, 0.6) is 0 Å². The van der Waals surface area contributed by atoms with Crippen molar-refractivity contribution in [1.29, 1.82) is 0 Å². The Kier molecular flexibility index (Phi) is 4.46. The van der Waals surface area contributed by atoms with Crippen LogP contribution in [0.1, 0.15) is 6.42 Å². The van der Waals surface area contributed by atoms with Crippen molar-refractivity contribution < 1.29 is 18.3 Å². The lowest BCUT2D eigenvalue weighted by Crippen LogP contribution is -2.14. The standard InChI is InChI=1S/C9H10F2N2O2/c10-8(11)3-1-6-15-9(14)7-13-5-2-4-12-13/h2-5H,1,6-7H2. The summed E-state index contributed by atoms with van der Waals surface area (Å²) in [6.45, 7) is -0.0493. The Hall–Kier alpha value is -1.72. The number of carbonyl (C=O) groups excluding carboxylic acids is 1. The largest absolute Gasteiger partial charge is 0.464 e. The average Bonchev–Trinajstić information content (AvgIpc) is 2.64. The van der Waals surface area contributed by atoms with Crippen LogP contribution >= 0.6 is 0 Å². The monoisotopic (exact) mass is 216 g/mol. The highest BCUT2D eigenvalue weighted by Crippen LogP contribution is 1.99. The Balaban J connectivity index is 2.17. The molecule has 6 heteroatoms. The molecule has 0 aliphatic carbocycles. The summed E-state index contributed by atoms with van der Waals surface area (Å²) in [5.74, 6) is -0.494. The van der Waals surface area contributed by atoms with Gasteiger partial charge in [0, 0.05) is 18.8 Å². The first-order valence-electron chi connectivity index (χ1n) is 4.32. The van der Waals surface area contributed by atoms with Crippen LogP contribution in [-0.4, -0.2) is 22.4 Å². The summed E-state index contributed by atoms with van der Waals surface area (Å²) in [6.07, 6.45) is 2.11. The summed E-state index contributed by atoms with van der Waals surface area (Å²) < 4.78 is 29.2. The lowest BCUT2D eigenvalue weighted by atomic mass is 10.4. The minimum atomic E-state index is -1.77. The third-order valence-corrected chi connectivity index (χ3v) is 1.53. The van der Waals surface area contributed by atoms with Gasteiger partial charge in [0.2, 0.25) is 0 Å². The zero-order valence-corrected chi connectivity index (χ0v) is 7.90. The number of aromatic nitrogens is 2. The van der Waals surface area contributed by atoms with E-state index in [4.69, 9.17) is 0 Å². The van der Waals surface area contributed by atoms with E-state index in [1.807, 2.05) is 0 Å². The Bertz CT molecular complexity index is 332. The third-order valence-electron chi connectivity index (χ3n) is 1.53. The normalized spacial score (nSPS) is 9.73. The molecule has 1 heterocycles. The van der Waals surface area contributed by atoms with E-state index in [0.717, 1.165) is 0 Å². The number of esters is 1. The predicted octanol–water partition coefficient (Wildman–Crippen LogP) is 1.60. The number of ether oxygens (including phenoxy) is 1. The Morgan fingerprint density at radius 2 is 2.33 bits per heavy atom. The van der Waals surface area contributed by atoms with Gasteiger partial charge < -0.3 is 4.74 Å². The van der Waals surface area contributed by atoms with Crippen molar-refractivity contribution in [1.82, 2.24) is 9.78 Å². The van der Waals surface area contributed by atoms with Crippen LogP contribution in [0.25, 0.3) is 0 Å². The lowest BCUT2D eigenvalue weighted by Gasteiger charge is -2.02. The van der Waals surface area contributed by atoms with E-state index in [1.54, 1.807) is 12.3 Å². The maximum atomic E-state index is 11.6. The van der Waals surface area contributed by atoms with Crippen LogP contribution in [0.15, 0.2) is 30.6 Å². The molecule has 0 saturated heterocycles. The summed E-state index contributed by atoms with van der Waals surface area (Å²) >= 11 is 0. The van der Waals surface area contributed by atoms with Gasteiger partial charge in [-0.15, -0.1) is 0 Å². The number of halogens is 2. The molecule has 0 aromatic carbocycles. The molecule has 0 saturated carbocycles. The van der Waals surface area contributed by atoms with Crippen LogP contribution in [0, 0.1) is 0 Å². The van der Waals surface area contributed by atoms with E-state index in [9.17, 15) is 13.6 Å². The summed E-state index contributed by atoms with van der Waals surface area (Å²) in [6, 6.07) is 1.68. The van der Waals surface area contributed by atoms with Crippen LogP contribution in [-0.2, 0) is 16.1 Å². The topological polar surface area (TPSA) is 44.1 Å². The fourth-order valence-electron chi connectivity index (χ4n) is 0.913. The van der Waals surface area contributed by atoms with E-state index >= 15 is 0 Å². The van der Waals surface area contributed by atoms with Crippen LogP contribution in [0.4, 0.5) is 8.78 Å². The van der Waals surface area contributed by atoms with Crippen molar-refractivity contribution in [3.05, 3.63) is 30.6 Å². The van der Waals surface area contributed by atoms with E-state index in [1.165, 1.54) is 10.9 Å². The Labute approximate surface area is 85.1 Å². The maximum absolute atomic E-state index is 11.6. The van der Waals surface area contributed by atoms with Crippen molar-refractivity contribution in [2.24, 2.45) is 0 Å². The van der Waals surface area contributed by atoms with Gasteiger partial charge in [-0.05, 0) is 12.1 Å². The van der Waals surface area contributed by atoms with Gasteiger partial charge in [0.25, 0.3) is 6.08 Å². The number of rotatable bonds is 5. The molecule has 0 spiro atoms. The highest BCUT2D eigenvalue weighted by Gasteiger charge is 2.03. The molecule has 1 rings (SSSR count). The lowest BCUT2D eigenvalue weighted by molar-refractivity contribution is -0.144. The van der Waals surface area contributed by atoms with Crippen LogP contribution < -0.4 is 0 Å². The van der Waals surface area contributed by atoms with Crippen molar-refractivity contribution >= 4 is 5.97 Å². The number of carbonyl (C=O) groups is 1. The molecule has 0 amide bonds. The molecule has 0 aliphatic heterocycles. The van der Waals surface area contributed by atoms with Gasteiger partial charge in [-0.2, -0.15) is 13.9 Å². The van der Waals surface area contributed by atoms with Crippen LogP contribution in [0.2, 0.25) is 0 Å². The quantitative estimate of drug-likeness (QED) is 0.554. The maximum Gasteiger partial charge on any atom is 0.327 e. The van der Waals surface area contributed by atoms with Gasteiger partial charge in [0.05, 0.1) is 6.61 Å². The molecule has 4 nitrogen and oxygen atoms in total. The van der Waals surface area contributed by atoms with Gasteiger partial charge in [-0.3, -0.25) is 9.48 Å². The van der Waals surface area contributed by atoms with E-state index in [0.29, 0.717) is 6.08 Å². The molecular weight excluding hydrogens is 206 g/mol. The fourth-order valence-corrected chi connectivity index (χ4v) is 0.913. The van der Waals surface area contributed by atoms with Gasteiger partial charge in [-0.25, -0.2) is 0 Å². The second-order valence-corrected chi connectivity index (χ2v) is 2.71. The molecule has 0 unspecified atom stereocenters. The fraction of sp³-hybridized carbons (Fsp3) is 0.333. The second kappa shape index (κ2) is 5.90. The molecular formula is C9H10F2N2O2. The smallest absolute Gasteiger partial charge is 0.327 e. The van der Waals surface area contributed by atoms with Gasteiger partial charge in [0.15, 0.2) is 0 Å². The molecule has 0 radical (unpaired) electrons. The van der Waals surface area contributed by atoms with E-state index < -0.39 is 12.0 Å². The molecule has 0 aliphatic rings. The molecule has 0 atom stereocenters. The molecule has 0 bridgehead atoms. The van der Waals surface area contributed by atoms with Crippen molar-refractivity contribution in [2.45, 2.75) is 13.0 Å². The molecule has 1 aromatic heterocycles. The SMILES string of the molecule is O=C(Cn1cccn1)OCCC=C(F)F. The third kappa shape index (κ3) is 4.90. The zero-order valence-electron chi connectivity index (χ0n) is 7.90. The Morgan fingerprint density at radius 1 is 1.53 bits per heavy atom. The second-order valence-electron chi connectivity index (χ2n) is 2.71. The van der Waals surface area contributed by atoms with Gasteiger partial charge in [0.1, 0.15) is 6.54 Å². The summed E-state index contributed by atoms with van der Waals surface area (Å²) in [7, 11) is 0. The zero-order chi connectivity index (χ0) is 11.1. The first-order valence-corrected chi connectivity index (χ1v) is 4.32. The first kappa shape index (κ1) is 11.4. The molecule has 1 aromatic rings. The van der Waals surface area contributed by atoms with Crippen molar-refractivity contribution in [3.63, 3.8) is 0 Å². The summed E-state index contributed by atoms with van der Waals surface area (Å²) in [5.41, 5.74) is 0. The molecule has 0 N–H and O–H groups in total. The molecule has 82 valence electrons. The minimum absolute atomic E-state index is 0.00514.